The standard InChI is InChI=1S/C19H21N3O2S2/c1-13-8-9-17(14(2)10-13)20-18-21-22-19(26-18)25-12-15(23)11-24-16-6-4-3-5-7-16/h3-10,15,23H,11-12H2,1-2H3,(H,20,21)/t15-/m1/s1. The van der Waals surface area contributed by atoms with Crippen LogP contribution in [0.5, 0.6) is 5.75 Å². The number of aromatic nitrogens is 2. The lowest BCUT2D eigenvalue weighted by atomic mass is 10.1. The highest BCUT2D eigenvalue weighted by molar-refractivity contribution is 8.01. The minimum atomic E-state index is -0.570. The molecule has 136 valence electrons. The molecule has 0 radical (unpaired) electrons. The van der Waals surface area contributed by atoms with Crippen molar-refractivity contribution in [3.05, 3.63) is 59.7 Å². The summed E-state index contributed by atoms with van der Waals surface area (Å²) in [6.45, 7) is 4.39. The van der Waals surface area contributed by atoms with Crippen LogP contribution < -0.4 is 10.1 Å². The van der Waals surface area contributed by atoms with E-state index < -0.39 is 6.10 Å². The number of aliphatic hydroxyl groups excluding tert-OH is 1. The Kier molecular flexibility index (Phi) is 6.49. The Bertz CT molecular complexity index is 840. The zero-order valence-corrected chi connectivity index (χ0v) is 16.3. The summed E-state index contributed by atoms with van der Waals surface area (Å²) >= 11 is 2.95. The van der Waals surface area contributed by atoms with E-state index in [9.17, 15) is 5.11 Å². The first-order valence-corrected chi connectivity index (χ1v) is 10.1. The van der Waals surface area contributed by atoms with Gasteiger partial charge in [-0.2, -0.15) is 0 Å². The molecule has 0 unspecified atom stereocenters. The quantitative estimate of drug-likeness (QED) is 0.557. The lowest BCUT2D eigenvalue weighted by Gasteiger charge is -2.10. The van der Waals surface area contributed by atoms with Crippen molar-refractivity contribution < 1.29 is 9.84 Å². The van der Waals surface area contributed by atoms with E-state index in [0.29, 0.717) is 5.75 Å². The number of benzene rings is 2. The fourth-order valence-electron chi connectivity index (χ4n) is 2.31. The number of nitrogens with one attached hydrogen (secondary N) is 1. The van der Waals surface area contributed by atoms with E-state index >= 15 is 0 Å². The lowest BCUT2D eigenvalue weighted by Crippen LogP contribution is -2.19. The Labute approximate surface area is 161 Å². The SMILES string of the molecule is Cc1ccc(Nc2nnc(SC[C@H](O)COc3ccccc3)s2)c(C)c1. The molecule has 26 heavy (non-hydrogen) atoms. The fraction of sp³-hybridized carbons (Fsp3) is 0.263. The van der Waals surface area contributed by atoms with Crippen LogP contribution >= 0.6 is 23.1 Å². The van der Waals surface area contributed by atoms with Crippen LogP contribution in [-0.2, 0) is 0 Å². The zero-order valence-electron chi connectivity index (χ0n) is 14.7. The molecule has 3 aromatic rings. The number of hydrogen-bond acceptors (Lipinski definition) is 7. The average molecular weight is 388 g/mol. The molecule has 0 aliphatic rings. The maximum absolute atomic E-state index is 10.1. The highest BCUT2D eigenvalue weighted by atomic mass is 32.2. The van der Waals surface area contributed by atoms with Crippen molar-refractivity contribution in [2.24, 2.45) is 0 Å². The highest BCUT2D eigenvalue weighted by Crippen LogP contribution is 2.29. The number of rotatable bonds is 8. The number of anilines is 2. The predicted octanol–water partition coefficient (Wildman–Crippen LogP) is 4.43. The number of aliphatic hydroxyl groups is 1. The van der Waals surface area contributed by atoms with Gasteiger partial charge in [0.25, 0.3) is 0 Å². The second-order valence-corrected chi connectivity index (χ2v) is 8.15. The number of ether oxygens (including phenoxy) is 1. The van der Waals surface area contributed by atoms with Gasteiger partial charge in [-0.3, -0.25) is 0 Å². The van der Waals surface area contributed by atoms with Crippen molar-refractivity contribution in [1.82, 2.24) is 10.2 Å². The summed E-state index contributed by atoms with van der Waals surface area (Å²) in [5, 5.41) is 22.5. The minimum Gasteiger partial charge on any atom is -0.491 e. The Hall–Kier alpha value is -2.09. The van der Waals surface area contributed by atoms with E-state index in [4.69, 9.17) is 4.74 Å². The summed E-state index contributed by atoms with van der Waals surface area (Å²) in [4.78, 5) is 0. The van der Waals surface area contributed by atoms with Gasteiger partial charge >= 0.3 is 0 Å². The first-order valence-electron chi connectivity index (χ1n) is 8.26. The molecule has 1 atom stereocenters. The molecule has 2 N–H and O–H groups in total. The Balaban J connectivity index is 1.47. The van der Waals surface area contributed by atoms with Gasteiger partial charge in [0, 0.05) is 11.4 Å². The molecule has 2 aromatic carbocycles. The molecule has 0 bridgehead atoms. The Morgan fingerprint density at radius 1 is 1.15 bits per heavy atom. The molecular formula is C19H21N3O2S2. The molecule has 0 fully saturated rings. The molecule has 0 spiro atoms. The van der Waals surface area contributed by atoms with Crippen LogP contribution in [-0.4, -0.2) is 33.8 Å². The van der Waals surface area contributed by atoms with Crippen LogP contribution in [0, 0.1) is 13.8 Å². The van der Waals surface area contributed by atoms with E-state index in [1.165, 1.54) is 34.2 Å². The largest absolute Gasteiger partial charge is 0.491 e. The van der Waals surface area contributed by atoms with Crippen LogP contribution in [0.15, 0.2) is 52.9 Å². The Morgan fingerprint density at radius 3 is 2.73 bits per heavy atom. The van der Waals surface area contributed by atoms with Gasteiger partial charge in [0.2, 0.25) is 5.13 Å². The van der Waals surface area contributed by atoms with Crippen molar-refractivity contribution in [3.63, 3.8) is 0 Å². The van der Waals surface area contributed by atoms with Gasteiger partial charge in [-0.15, -0.1) is 10.2 Å². The van der Waals surface area contributed by atoms with Crippen LogP contribution in [0.4, 0.5) is 10.8 Å². The number of para-hydroxylation sites is 1. The number of nitrogens with zero attached hydrogens (tertiary/aromatic N) is 2. The van der Waals surface area contributed by atoms with Gasteiger partial charge < -0.3 is 15.2 Å². The van der Waals surface area contributed by atoms with Gasteiger partial charge in [-0.25, -0.2) is 0 Å². The summed E-state index contributed by atoms with van der Waals surface area (Å²) in [5.41, 5.74) is 3.43. The van der Waals surface area contributed by atoms with Crippen molar-refractivity contribution in [2.75, 3.05) is 17.7 Å². The third kappa shape index (κ3) is 5.45. The van der Waals surface area contributed by atoms with Gasteiger partial charge in [0.1, 0.15) is 12.4 Å². The first kappa shape index (κ1) is 18.7. The number of hydrogen-bond donors (Lipinski definition) is 2. The van der Waals surface area contributed by atoms with Gasteiger partial charge in [0.05, 0.1) is 6.10 Å². The number of thioether (sulfide) groups is 1. The van der Waals surface area contributed by atoms with E-state index in [1.54, 1.807) is 0 Å². The smallest absolute Gasteiger partial charge is 0.210 e. The van der Waals surface area contributed by atoms with Crippen LogP contribution in [0.3, 0.4) is 0 Å². The lowest BCUT2D eigenvalue weighted by molar-refractivity contribution is 0.126. The summed E-state index contributed by atoms with van der Waals surface area (Å²) in [6.07, 6.45) is -0.570. The Morgan fingerprint density at radius 2 is 1.96 bits per heavy atom. The number of aryl methyl sites for hydroxylation is 2. The maximum atomic E-state index is 10.1. The molecule has 0 aliphatic carbocycles. The normalized spacial score (nSPS) is 12.0. The summed E-state index contributed by atoms with van der Waals surface area (Å²) in [7, 11) is 0. The van der Waals surface area contributed by atoms with Crippen molar-refractivity contribution in [2.45, 2.75) is 24.3 Å². The summed E-state index contributed by atoms with van der Waals surface area (Å²) < 4.78 is 6.37. The zero-order chi connectivity index (χ0) is 18.4. The summed E-state index contributed by atoms with van der Waals surface area (Å²) in [6, 6.07) is 15.7. The molecule has 7 heteroatoms. The predicted molar refractivity (Wildman–Crippen MR) is 108 cm³/mol. The van der Waals surface area contributed by atoms with E-state index in [-0.39, 0.29) is 6.61 Å². The molecule has 3 rings (SSSR count). The second-order valence-electron chi connectivity index (χ2n) is 5.91. The highest BCUT2D eigenvalue weighted by Gasteiger charge is 2.11. The molecule has 5 nitrogen and oxygen atoms in total. The van der Waals surface area contributed by atoms with Gasteiger partial charge in [0.15, 0.2) is 4.34 Å². The van der Waals surface area contributed by atoms with E-state index in [2.05, 4.69) is 41.5 Å². The van der Waals surface area contributed by atoms with Crippen LogP contribution in [0.25, 0.3) is 0 Å². The molecule has 0 aliphatic heterocycles. The topological polar surface area (TPSA) is 67.3 Å². The second kappa shape index (κ2) is 9.02. The first-order chi connectivity index (χ1) is 12.6. The van der Waals surface area contributed by atoms with Gasteiger partial charge in [-0.1, -0.05) is 59.0 Å². The molecular weight excluding hydrogens is 366 g/mol. The molecule has 1 heterocycles. The maximum Gasteiger partial charge on any atom is 0.210 e. The van der Waals surface area contributed by atoms with Gasteiger partial charge in [-0.05, 0) is 37.6 Å². The average Bonchev–Trinajstić information content (AvgIpc) is 3.09. The third-order valence-corrected chi connectivity index (χ3v) is 5.73. The molecule has 1 aromatic heterocycles. The van der Waals surface area contributed by atoms with E-state index in [0.717, 1.165) is 20.9 Å². The van der Waals surface area contributed by atoms with Crippen LogP contribution in [0.1, 0.15) is 11.1 Å². The minimum absolute atomic E-state index is 0.253. The monoisotopic (exact) mass is 387 g/mol. The van der Waals surface area contributed by atoms with Crippen molar-refractivity contribution >= 4 is 33.9 Å². The summed E-state index contributed by atoms with van der Waals surface area (Å²) in [5.74, 6) is 1.26. The van der Waals surface area contributed by atoms with E-state index in [1.807, 2.05) is 36.4 Å². The van der Waals surface area contributed by atoms with Crippen molar-refractivity contribution in [1.29, 1.82) is 0 Å². The molecule has 0 saturated carbocycles. The van der Waals surface area contributed by atoms with Crippen molar-refractivity contribution in [3.8, 4) is 5.75 Å². The third-order valence-electron chi connectivity index (χ3n) is 3.61. The molecule has 0 amide bonds. The fourth-order valence-corrected chi connectivity index (χ4v) is 4.01. The molecule has 0 saturated heterocycles. The van der Waals surface area contributed by atoms with Crippen LogP contribution in [0.2, 0.25) is 0 Å².